The normalized spacial score (nSPS) is 19.7. The Balaban J connectivity index is 2.14. The fourth-order valence-electron chi connectivity index (χ4n) is 3.51. The Bertz CT molecular complexity index is 346. The average molecular weight is 315 g/mol. The third-order valence-corrected chi connectivity index (χ3v) is 5.11. The standard InChI is InChI=1S/C23H38/c1-3-5-7-9-11-13-15-18-22-20-17-21-23(22)19-16-14-12-10-8-6-4-2/h22-23H,3-12,17-21H2,1-2H3/t22-,23-/m1/s1. The summed E-state index contributed by atoms with van der Waals surface area (Å²) < 4.78 is 0. The van der Waals surface area contributed by atoms with Crippen molar-refractivity contribution in [3.8, 4) is 23.7 Å². The van der Waals surface area contributed by atoms with Gasteiger partial charge in [0.1, 0.15) is 0 Å². The van der Waals surface area contributed by atoms with E-state index in [1.165, 1.54) is 70.6 Å². The highest BCUT2D eigenvalue weighted by Gasteiger charge is 2.25. The zero-order valence-electron chi connectivity index (χ0n) is 15.8. The molecular weight excluding hydrogens is 276 g/mol. The van der Waals surface area contributed by atoms with Crippen molar-refractivity contribution in [1.82, 2.24) is 0 Å². The van der Waals surface area contributed by atoms with Gasteiger partial charge in [0, 0.05) is 25.7 Å². The summed E-state index contributed by atoms with van der Waals surface area (Å²) in [5, 5.41) is 0. The molecule has 1 aliphatic carbocycles. The number of unbranched alkanes of at least 4 members (excludes halogenated alkanes) is 8. The molecule has 1 aliphatic rings. The third-order valence-electron chi connectivity index (χ3n) is 5.11. The molecule has 1 rings (SSSR count). The highest BCUT2D eigenvalue weighted by atomic mass is 14.3. The molecule has 0 N–H and O–H groups in total. The molecule has 0 radical (unpaired) electrons. The number of hydrogen-bond donors (Lipinski definition) is 0. The van der Waals surface area contributed by atoms with E-state index in [4.69, 9.17) is 0 Å². The lowest BCUT2D eigenvalue weighted by molar-refractivity contribution is 0.404. The molecule has 0 bridgehead atoms. The maximum atomic E-state index is 3.46. The molecule has 0 saturated heterocycles. The van der Waals surface area contributed by atoms with Gasteiger partial charge in [-0.1, -0.05) is 58.8 Å². The predicted molar refractivity (Wildman–Crippen MR) is 103 cm³/mol. The van der Waals surface area contributed by atoms with Gasteiger partial charge in [-0.2, -0.15) is 0 Å². The Hall–Kier alpha value is -0.880. The smallest absolute Gasteiger partial charge is 0.0120 e. The van der Waals surface area contributed by atoms with Crippen molar-refractivity contribution in [1.29, 1.82) is 0 Å². The van der Waals surface area contributed by atoms with E-state index in [0.717, 1.165) is 37.5 Å². The van der Waals surface area contributed by atoms with Gasteiger partial charge in [-0.3, -0.25) is 0 Å². The molecule has 0 unspecified atom stereocenters. The van der Waals surface area contributed by atoms with E-state index in [-0.39, 0.29) is 0 Å². The van der Waals surface area contributed by atoms with Gasteiger partial charge in [-0.25, -0.2) is 0 Å². The predicted octanol–water partition coefficient (Wildman–Crippen LogP) is 7.13. The molecule has 0 spiro atoms. The topological polar surface area (TPSA) is 0 Å². The Morgan fingerprint density at radius 1 is 0.609 bits per heavy atom. The summed E-state index contributed by atoms with van der Waals surface area (Å²) in [5.41, 5.74) is 0. The number of hydrogen-bond acceptors (Lipinski definition) is 0. The van der Waals surface area contributed by atoms with Crippen molar-refractivity contribution in [2.75, 3.05) is 0 Å². The third kappa shape index (κ3) is 10.5. The lowest BCUT2D eigenvalue weighted by Gasteiger charge is -2.13. The zero-order valence-corrected chi connectivity index (χ0v) is 15.8. The van der Waals surface area contributed by atoms with Gasteiger partial charge >= 0.3 is 0 Å². The second kappa shape index (κ2) is 14.7. The lowest BCUT2D eigenvalue weighted by Crippen LogP contribution is -2.06. The Morgan fingerprint density at radius 3 is 1.52 bits per heavy atom. The van der Waals surface area contributed by atoms with E-state index < -0.39 is 0 Å². The highest BCUT2D eigenvalue weighted by Crippen LogP contribution is 2.35. The fraction of sp³-hybridized carbons (Fsp3) is 0.826. The van der Waals surface area contributed by atoms with Gasteiger partial charge in [0.05, 0.1) is 0 Å². The summed E-state index contributed by atoms with van der Waals surface area (Å²) in [5.74, 6) is 15.4. The summed E-state index contributed by atoms with van der Waals surface area (Å²) in [4.78, 5) is 0. The molecule has 0 heteroatoms. The molecule has 1 saturated carbocycles. The van der Waals surface area contributed by atoms with Gasteiger partial charge in [0.15, 0.2) is 0 Å². The summed E-state index contributed by atoms with van der Waals surface area (Å²) >= 11 is 0. The molecule has 0 aromatic rings. The minimum absolute atomic E-state index is 0.826. The van der Waals surface area contributed by atoms with Gasteiger partial charge in [-0.15, -0.1) is 23.7 Å². The molecule has 0 aromatic heterocycles. The van der Waals surface area contributed by atoms with Crippen LogP contribution in [0.4, 0.5) is 0 Å². The summed E-state index contributed by atoms with van der Waals surface area (Å²) in [6, 6.07) is 0. The van der Waals surface area contributed by atoms with E-state index >= 15 is 0 Å². The SMILES string of the molecule is CCCCCCC#CC[C@@H]1CCC[C@H]1CC#CCCCCCC. The number of rotatable bonds is 10. The van der Waals surface area contributed by atoms with Crippen LogP contribution in [-0.4, -0.2) is 0 Å². The quantitative estimate of drug-likeness (QED) is 0.297. The molecule has 0 aliphatic heterocycles. The largest absolute Gasteiger partial charge is 0.103 e. The lowest BCUT2D eigenvalue weighted by atomic mass is 9.90. The minimum atomic E-state index is 0.826. The van der Waals surface area contributed by atoms with Crippen LogP contribution in [0, 0.1) is 35.5 Å². The second-order valence-corrected chi connectivity index (χ2v) is 7.19. The maximum absolute atomic E-state index is 3.46. The van der Waals surface area contributed by atoms with Crippen LogP contribution in [0.15, 0.2) is 0 Å². The Kier molecular flexibility index (Phi) is 12.9. The fourth-order valence-corrected chi connectivity index (χ4v) is 3.51. The maximum Gasteiger partial charge on any atom is 0.0120 e. The van der Waals surface area contributed by atoms with Crippen LogP contribution in [0.5, 0.6) is 0 Å². The highest BCUT2D eigenvalue weighted by molar-refractivity contribution is 5.05. The van der Waals surface area contributed by atoms with Crippen LogP contribution < -0.4 is 0 Å². The summed E-state index contributed by atoms with van der Waals surface area (Å²) in [6.07, 6.45) is 19.3. The summed E-state index contributed by atoms with van der Waals surface area (Å²) in [6.45, 7) is 4.53. The van der Waals surface area contributed by atoms with Gasteiger partial charge < -0.3 is 0 Å². The monoisotopic (exact) mass is 314 g/mol. The van der Waals surface area contributed by atoms with Crippen molar-refractivity contribution >= 4 is 0 Å². The first-order chi connectivity index (χ1) is 11.4. The molecular formula is C23H38. The van der Waals surface area contributed by atoms with Crippen molar-refractivity contribution in [2.24, 2.45) is 11.8 Å². The van der Waals surface area contributed by atoms with E-state index in [1.54, 1.807) is 0 Å². The molecule has 1 fully saturated rings. The van der Waals surface area contributed by atoms with Crippen molar-refractivity contribution in [3.63, 3.8) is 0 Å². The van der Waals surface area contributed by atoms with Crippen LogP contribution in [0.25, 0.3) is 0 Å². The first kappa shape index (κ1) is 20.2. The Labute approximate surface area is 146 Å². The van der Waals surface area contributed by atoms with E-state index in [2.05, 4.69) is 37.5 Å². The molecule has 0 heterocycles. The Morgan fingerprint density at radius 2 is 1.09 bits per heavy atom. The van der Waals surface area contributed by atoms with Crippen LogP contribution in [0.1, 0.15) is 110 Å². The van der Waals surface area contributed by atoms with Crippen LogP contribution in [0.3, 0.4) is 0 Å². The first-order valence-corrected chi connectivity index (χ1v) is 10.3. The first-order valence-electron chi connectivity index (χ1n) is 10.3. The van der Waals surface area contributed by atoms with E-state index in [9.17, 15) is 0 Å². The average Bonchev–Trinajstić information content (AvgIpc) is 3.00. The molecule has 0 nitrogen and oxygen atoms in total. The molecule has 0 amide bonds. The molecule has 2 atom stereocenters. The summed E-state index contributed by atoms with van der Waals surface area (Å²) in [7, 11) is 0. The van der Waals surface area contributed by atoms with Crippen LogP contribution in [0.2, 0.25) is 0 Å². The molecule has 0 aromatic carbocycles. The van der Waals surface area contributed by atoms with E-state index in [0.29, 0.717) is 0 Å². The van der Waals surface area contributed by atoms with Crippen molar-refractivity contribution < 1.29 is 0 Å². The van der Waals surface area contributed by atoms with E-state index in [1.807, 2.05) is 0 Å². The molecule has 23 heavy (non-hydrogen) atoms. The van der Waals surface area contributed by atoms with Gasteiger partial charge in [-0.05, 0) is 37.5 Å². The van der Waals surface area contributed by atoms with Crippen LogP contribution in [-0.2, 0) is 0 Å². The van der Waals surface area contributed by atoms with Crippen LogP contribution >= 0.6 is 0 Å². The minimum Gasteiger partial charge on any atom is -0.103 e. The van der Waals surface area contributed by atoms with Gasteiger partial charge in [0.2, 0.25) is 0 Å². The second-order valence-electron chi connectivity index (χ2n) is 7.19. The van der Waals surface area contributed by atoms with Crippen molar-refractivity contribution in [3.05, 3.63) is 0 Å². The van der Waals surface area contributed by atoms with Crippen molar-refractivity contribution in [2.45, 2.75) is 110 Å². The van der Waals surface area contributed by atoms with Gasteiger partial charge in [0.25, 0.3) is 0 Å². The zero-order chi connectivity index (χ0) is 16.6. The molecule has 130 valence electrons.